The van der Waals surface area contributed by atoms with E-state index in [1.54, 1.807) is 0 Å². The van der Waals surface area contributed by atoms with E-state index in [0.29, 0.717) is 54.9 Å². The Morgan fingerprint density at radius 1 is 0.542 bits per heavy atom. The summed E-state index contributed by atoms with van der Waals surface area (Å²) in [5, 5.41) is 24.1. The third kappa shape index (κ3) is 15.2. The lowest BCUT2D eigenvalue weighted by atomic mass is 9.73. The Kier molecular flexibility index (Phi) is 18.0. The van der Waals surface area contributed by atoms with Crippen LogP contribution in [0, 0.1) is 11.8 Å². The highest BCUT2D eigenvalue weighted by atomic mass is 16.7. The number of unbranched alkanes of at least 4 members (excludes halogenated alkanes) is 4. The van der Waals surface area contributed by atoms with Crippen molar-refractivity contribution in [2.45, 2.75) is 244 Å². The van der Waals surface area contributed by atoms with Gasteiger partial charge in [0, 0.05) is 48.2 Å². The quantitative estimate of drug-likeness (QED) is 0.0782. The molecule has 0 unspecified atom stereocenters. The van der Waals surface area contributed by atoms with Crippen LogP contribution in [0.5, 0.6) is 0 Å². The molecule has 0 radical (unpaired) electrons. The van der Waals surface area contributed by atoms with Crippen LogP contribution in [-0.2, 0) is 14.5 Å². The minimum absolute atomic E-state index is 0.0188. The molecule has 0 amide bonds. The van der Waals surface area contributed by atoms with Crippen molar-refractivity contribution in [3.63, 3.8) is 0 Å². The SMILES string of the molecule is CC1(C)CC(CCCCNc2nc(NCCCCCC(=O)O)nc(NCCCCC3CC(C)(C)N(OC4CCCCC4)C(C)(C)C3)n2)CC(C)(C)N1OC1CCCCC1. The highest BCUT2D eigenvalue weighted by Gasteiger charge is 2.48. The number of piperidine rings is 2. The summed E-state index contributed by atoms with van der Waals surface area (Å²) in [4.78, 5) is 38.6. The molecule has 4 N–H and O–H groups in total. The zero-order valence-electron chi connectivity index (χ0n) is 38.8. The second-order valence-electron chi connectivity index (χ2n) is 21.4. The van der Waals surface area contributed by atoms with Gasteiger partial charge in [0.25, 0.3) is 0 Å². The standard InChI is InChI=1S/C47H86N8O4/c1-44(2)32-36(33-45(3,4)54(44)58-38-24-12-9-13-25-38)22-17-20-30-49-42-51-41(48-29-19-11-16-28-40(56)57)52-43(53-42)50-31-21-18-23-37-34-46(5,6)55(47(7,8)35-37)59-39-26-14-10-15-27-39/h36-39H,9-35H2,1-8H3,(H,56,57)(H3,48,49,50,51,52,53). The maximum absolute atomic E-state index is 10.9. The molecule has 0 spiro atoms. The predicted octanol–water partition coefficient (Wildman–Crippen LogP) is 11.2. The monoisotopic (exact) mass is 827 g/mol. The average molecular weight is 827 g/mol. The number of hydrogen-bond donors (Lipinski definition) is 4. The molecule has 2 aliphatic heterocycles. The summed E-state index contributed by atoms with van der Waals surface area (Å²) in [6, 6.07) is 0. The molecule has 1 aromatic rings. The Morgan fingerprint density at radius 3 is 1.22 bits per heavy atom. The molecule has 0 aromatic carbocycles. The predicted molar refractivity (Wildman–Crippen MR) is 240 cm³/mol. The minimum atomic E-state index is -0.739. The number of carbonyl (C=O) groups is 1. The van der Waals surface area contributed by atoms with Gasteiger partial charge in [-0.2, -0.15) is 25.1 Å². The third-order valence-electron chi connectivity index (χ3n) is 13.6. The molecule has 2 aliphatic carbocycles. The smallest absolute Gasteiger partial charge is 0.303 e. The van der Waals surface area contributed by atoms with Gasteiger partial charge in [-0.1, -0.05) is 70.6 Å². The molecule has 1 aromatic heterocycles. The number of carboxylic acid groups (broad SMARTS) is 1. The molecule has 0 bridgehead atoms. The molecule has 0 atom stereocenters. The maximum Gasteiger partial charge on any atom is 0.303 e. The number of rotatable bonds is 23. The Labute approximate surface area is 358 Å². The van der Waals surface area contributed by atoms with Crippen LogP contribution in [0.15, 0.2) is 0 Å². The number of carboxylic acids is 1. The zero-order valence-corrected chi connectivity index (χ0v) is 38.8. The highest BCUT2D eigenvalue weighted by Crippen LogP contribution is 2.46. The first-order valence-electron chi connectivity index (χ1n) is 24.2. The number of nitrogens with one attached hydrogen (secondary N) is 3. The van der Waals surface area contributed by atoms with Gasteiger partial charge in [0.05, 0.1) is 12.2 Å². The number of aromatic nitrogens is 3. The Balaban J connectivity index is 1.07. The van der Waals surface area contributed by atoms with E-state index in [0.717, 1.165) is 77.3 Å². The number of hydroxylamine groups is 4. The summed E-state index contributed by atoms with van der Waals surface area (Å²) < 4.78 is 0. The Hall–Kier alpha value is -2.28. The van der Waals surface area contributed by atoms with Crippen LogP contribution >= 0.6 is 0 Å². The van der Waals surface area contributed by atoms with Crippen LogP contribution in [0.25, 0.3) is 0 Å². The number of aliphatic carboxylic acids is 1. The van der Waals surface area contributed by atoms with Gasteiger partial charge >= 0.3 is 5.97 Å². The lowest BCUT2D eigenvalue weighted by molar-refractivity contribution is -0.314. The molecule has 12 nitrogen and oxygen atoms in total. The summed E-state index contributed by atoms with van der Waals surface area (Å²) in [6.07, 6.45) is 27.5. The van der Waals surface area contributed by atoms with E-state index >= 15 is 0 Å². The van der Waals surface area contributed by atoms with Crippen molar-refractivity contribution in [3.8, 4) is 0 Å². The first kappa shape index (κ1) is 47.8. The summed E-state index contributed by atoms with van der Waals surface area (Å²) >= 11 is 0. The van der Waals surface area contributed by atoms with Crippen LogP contribution in [0.2, 0.25) is 0 Å². The fourth-order valence-corrected chi connectivity index (χ4v) is 11.5. The topological polar surface area (TPSA) is 137 Å². The van der Waals surface area contributed by atoms with E-state index in [9.17, 15) is 4.79 Å². The molecule has 338 valence electrons. The lowest BCUT2D eigenvalue weighted by Gasteiger charge is -2.55. The first-order valence-corrected chi connectivity index (χ1v) is 24.2. The van der Waals surface area contributed by atoms with Gasteiger partial charge in [0.1, 0.15) is 0 Å². The zero-order chi connectivity index (χ0) is 42.5. The molecule has 59 heavy (non-hydrogen) atoms. The van der Waals surface area contributed by atoms with Crippen LogP contribution in [0.3, 0.4) is 0 Å². The largest absolute Gasteiger partial charge is 0.481 e. The maximum atomic E-state index is 10.9. The van der Waals surface area contributed by atoms with Crippen molar-refractivity contribution >= 4 is 23.8 Å². The van der Waals surface area contributed by atoms with E-state index in [2.05, 4.69) is 81.5 Å². The van der Waals surface area contributed by atoms with Crippen LogP contribution < -0.4 is 16.0 Å². The van der Waals surface area contributed by atoms with Crippen molar-refractivity contribution in [2.75, 3.05) is 35.6 Å². The van der Waals surface area contributed by atoms with Crippen molar-refractivity contribution in [3.05, 3.63) is 0 Å². The van der Waals surface area contributed by atoms with E-state index in [-0.39, 0.29) is 28.6 Å². The van der Waals surface area contributed by atoms with Crippen molar-refractivity contribution in [1.82, 2.24) is 25.1 Å². The number of anilines is 3. The average Bonchev–Trinajstić information content (AvgIpc) is 3.16. The molecule has 2 saturated carbocycles. The van der Waals surface area contributed by atoms with E-state index < -0.39 is 5.97 Å². The molecule has 12 heteroatoms. The van der Waals surface area contributed by atoms with E-state index in [1.165, 1.54) is 77.0 Å². The van der Waals surface area contributed by atoms with Gasteiger partial charge in [-0.15, -0.1) is 0 Å². The lowest BCUT2D eigenvalue weighted by Crippen LogP contribution is -2.61. The fourth-order valence-electron chi connectivity index (χ4n) is 11.5. The van der Waals surface area contributed by atoms with Gasteiger partial charge in [0.15, 0.2) is 0 Å². The number of nitrogens with zero attached hydrogens (tertiary/aromatic N) is 5. The first-order chi connectivity index (χ1) is 28.0. The Morgan fingerprint density at radius 2 is 0.881 bits per heavy atom. The molecule has 4 fully saturated rings. The van der Waals surface area contributed by atoms with Crippen LogP contribution in [0.1, 0.15) is 209 Å². The molecular weight excluding hydrogens is 741 g/mol. The van der Waals surface area contributed by atoms with Gasteiger partial charge in [-0.3, -0.25) is 14.5 Å². The molecule has 5 rings (SSSR count). The van der Waals surface area contributed by atoms with Crippen molar-refractivity contribution in [1.29, 1.82) is 0 Å². The molecule has 2 saturated heterocycles. The molecule has 3 heterocycles. The summed E-state index contributed by atoms with van der Waals surface area (Å²) in [5.41, 5.74) is 0.0752. The van der Waals surface area contributed by atoms with Gasteiger partial charge in [0.2, 0.25) is 17.8 Å². The van der Waals surface area contributed by atoms with E-state index in [4.69, 9.17) is 29.7 Å². The second kappa shape index (κ2) is 22.2. The van der Waals surface area contributed by atoms with Crippen molar-refractivity contribution in [2.24, 2.45) is 11.8 Å². The van der Waals surface area contributed by atoms with Crippen molar-refractivity contribution < 1.29 is 19.6 Å². The minimum Gasteiger partial charge on any atom is -0.481 e. The molecular formula is C47H86N8O4. The highest BCUT2D eigenvalue weighted by molar-refractivity contribution is 5.66. The van der Waals surface area contributed by atoms with Crippen LogP contribution in [0.4, 0.5) is 17.8 Å². The molecule has 4 aliphatic rings. The van der Waals surface area contributed by atoms with Gasteiger partial charge < -0.3 is 21.1 Å². The van der Waals surface area contributed by atoms with Gasteiger partial charge in [-0.25, -0.2) is 0 Å². The summed E-state index contributed by atoms with van der Waals surface area (Å²) in [5.74, 6) is 2.36. The summed E-state index contributed by atoms with van der Waals surface area (Å²) in [7, 11) is 0. The third-order valence-corrected chi connectivity index (χ3v) is 13.6. The summed E-state index contributed by atoms with van der Waals surface area (Å²) in [6.45, 7) is 21.3. The normalized spacial score (nSPS) is 23.3. The fraction of sp³-hybridized carbons (Fsp3) is 0.915. The van der Waals surface area contributed by atoms with Gasteiger partial charge in [-0.05, 0) is 144 Å². The second-order valence-corrected chi connectivity index (χ2v) is 21.4. The van der Waals surface area contributed by atoms with E-state index in [1.807, 2.05) is 0 Å². The van der Waals surface area contributed by atoms with Crippen LogP contribution in [-0.4, -0.2) is 90.2 Å². The number of hydrogen-bond acceptors (Lipinski definition) is 11. The Bertz CT molecular complexity index is 1290.